The van der Waals surface area contributed by atoms with Gasteiger partial charge in [0.1, 0.15) is 5.84 Å². The minimum atomic E-state index is -0.324. The standard InChI is InChI=1S/C21H13N3O3/c25-21-14-5-2-1-4-13(14)20-23-19-15(6-3-9-22-19)18(24(20)21)12-7-8-16-17(10-12)27-11-26-16/h1-10,18H,11H2. The van der Waals surface area contributed by atoms with Crippen LogP contribution < -0.4 is 9.47 Å². The Kier molecular flexibility index (Phi) is 2.78. The van der Waals surface area contributed by atoms with Gasteiger partial charge in [0.15, 0.2) is 17.3 Å². The first-order valence-corrected chi connectivity index (χ1v) is 8.67. The molecule has 0 bridgehead atoms. The quantitative estimate of drug-likeness (QED) is 0.671. The molecule has 1 unspecified atom stereocenters. The third-order valence-corrected chi connectivity index (χ3v) is 5.14. The second-order valence-electron chi connectivity index (χ2n) is 6.59. The number of hydrogen-bond acceptors (Lipinski definition) is 5. The second kappa shape index (κ2) is 5.17. The number of aromatic nitrogens is 1. The zero-order valence-electron chi connectivity index (χ0n) is 14.1. The van der Waals surface area contributed by atoms with Crippen LogP contribution in [-0.2, 0) is 0 Å². The minimum absolute atomic E-state index is 0.0541. The van der Waals surface area contributed by atoms with Gasteiger partial charge in [-0.2, -0.15) is 0 Å². The van der Waals surface area contributed by atoms with Crippen LogP contribution >= 0.6 is 0 Å². The molecule has 1 atom stereocenters. The molecule has 1 amide bonds. The van der Waals surface area contributed by atoms with E-state index in [-0.39, 0.29) is 18.7 Å². The van der Waals surface area contributed by atoms with E-state index in [1.165, 1.54) is 0 Å². The first-order valence-electron chi connectivity index (χ1n) is 8.67. The third kappa shape index (κ3) is 1.92. The van der Waals surface area contributed by atoms with Crippen LogP contribution in [0.4, 0.5) is 5.82 Å². The number of hydrogen-bond donors (Lipinski definition) is 0. The Balaban J connectivity index is 1.60. The van der Waals surface area contributed by atoms with E-state index < -0.39 is 0 Å². The Morgan fingerprint density at radius 1 is 0.963 bits per heavy atom. The molecule has 6 nitrogen and oxygen atoms in total. The number of pyridine rings is 1. The van der Waals surface area contributed by atoms with E-state index in [4.69, 9.17) is 14.5 Å². The van der Waals surface area contributed by atoms with Crippen LogP contribution in [0, 0.1) is 0 Å². The highest BCUT2D eigenvalue weighted by atomic mass is 16.7. The molecule has 6 heteroatoms. The second-order valence-corrected chi connectivity index (χ2v) is 6.59. The van der Waals surface area contributed by atoms with E-state index in [1.54, 1.807) is 11.1 Å². The lowest BCUT2D eigenvalue weighted by Gasteiger charge is -2.32. The summed E-state index contributed by atoms with van der Waals surface area (Å²) in [4.78, 5) is 24.1. The number of ether oxygens (including phenoxy) is 2. The van der Waals surface area contributed by atoms with Crippen molar-refractivity contribution in [3.63, 3.8) is 0 Å². The van der Waals surface area contributed by atoms with Crippen molar-refractivity contribution in [3.8, 4) is 11.5 Å². The van der Waals surface area contributed by atoms with Crippen molar-refractivity contribution in [3.05, 3.63) is 83.0 Å². The summed E-state index contributed by atoms with van der Waals surface area (Å²) < 4.78 is 11.0. The van der Waals surface area contributed by atoms with E-state index in [0.29, 0.717) is 28.7 Å². The molecule has 0 fully saturated rings. The molecule has 0 aliphatic carbocycles. The summed E-state index contributed by atoms with van der Waals surface area (Å²) in [5.41, 5.74) is 3.32. The van der Waals surface area contributed by atoms with Gasteiger partial charge in [0, 0.05) is 17.3 Å². The summed E-state index contributed by atoms with van der Waals surface area (Å²) in [7, 11) is 0. The molecule has 130 valence electrons. The Labute approximate surface area is 154 Å². The van der Waals surface area contributed by atoms with Gasteiger partial charge >= 0.3 is 0 Å². The summed E-state index contributed by atoms with van der Waals surface area (Å²) in [6.07, 6.45) is 1.72. The lowest BCUT2D eigenvalue weighted by molar-refractivity contribution is 0.0830. The molecule has 3 aliphatic rings. The molecule has 0 saturated carbocycles. The molecule has 0 N–H and O–H groups in total. The molecule has 3 aliphatic heterocycles. The lowest BCUT2D eigenvalue weighted by Crippen LogP contribution is -2.37. The van der Waals surface area contributed by atoms with Crippen LogP contribution in [0.15, 0.2) is 65.8 Å². The van der Waals surface area contributed by atoms with Gasteiger partial charge in [-0.15, -0.1) is 0 Å². The smallest absolute Gasteiger partial charge is 0.261 e. The SMILES string of the molecule is O=C1c2ccccc2C2=Nc3ncccc3C(c3ccc4c(c3)OCO4)N12. The van der Waals surface area contributed by atoms with Crippen molar-refractivity contribution in [1.29, 1.82) is 0 Å². The van der Waals surface area contributed by atoms with Gasteiger partial charge < -0.3 is 9.47 Å². The van der Waals surface area contributed by atoms with Crippen LogP contribution in [0.1, 0.15) is 33.1 Å². The Bertz CT molecular complexity index is 1150. The number of amidine groups is 1. The zero-order chi connectivity index (χ0) is 18.0. The molecule has 2 aromatic carbocycles. The van der Waals surface area contributed by atoms with Crippen molar-refractivity contribution in [2.75, 3.05) is 6.79 Å². The largest absolute Gasteiger partial charge is 0.454 e. The van der Waals surface area contributed by atoms with Crippen LogP contribution in [0.25, 0.3) is 0 Å². The van der Waals surface area contributed by atoms with Gasteiger partial charge in [0.25, 0.3) is 5.91 Å². The van der Waals surface area contributed by atoms with Gasteiger partial charge in [0.2, 0.25) is 6.79 Å². The predicted octanol–water partition coefficient (Wildman–Crippen LogP) is 3.45. The summed E-state index contributed by atoms with van der Waals surface area (Å²) in [5, 5.41) is 0. The maximum absolute atomic E-state index is 13.2. The number of aliphatic imine (C=N–C) groups is 1. The average Bonchev–Trinajstić information content (AvgIpc) is 3.29. The zero-order valence-corrected chi connectivity index (χ0v) is 14.1. The molecule has 4 heterocycles. The summed E-state index contributed by atoms with van der Waals surface area (Å²) >= 11 is 0. The fourth-order valence-corrected chi connectivity index (χ4v) is 3.94. The molecule has 0 saturated heterocycles. The molecule has 0 radical (unpaired) electrons. The number of nitrogens with zero attached hydrogens (tertiary/aromatic N) is 3. The number of carbonyl (C=O) groups is 1. The molecular weight excluding hydrogens is 342 g/mol. The normalized spacial score (nSPS) is 18.7. The molecule has 1 aromatic heterocycles. The van der Waals surface area contributed by atoms with Gasteiger partial charge in [-0.1, -0.05) is 30.3 Å². The number of carbonyl (C=O) groups excluding carboxylic acids is 1. The first kappa shape index (κ1) is 14.5. The number of rotatable bonds is 1. The highest BCUT2D eigenvalue weighted by molar-refractivity contribution is 6.24. The maximum atomic E-state index is 13.2. The molecule has 3 aromatic rings. The van der Waals surface area contributed by atoms with Crippen molar-refractivity contribution < 1.29 is 14.3 Å². The Hall–Kier alpha value is -3.67. The van der Waals surface area contributed by atoms with Crippen LogP contribution in [0.2, 0.25) is 0 Å². The Morgan fingerprint density at radius 2 is 1.81 bits per heavy atom. The highest BCUT2D eigenvalue weighted by Gasteiger charge is 2.43. The van der Waals surface area contributed by atoms with E-state index in [9.17, 15) is 4.79 Å². The van der Waals surface area contributed by atoms with E-state index in [1.807, 2.05) is 54.6 Å². The van der Waals surface area contributed by atoms with Crippen molar-refractivity contribution >= 4 is 17.6 Å². The van der Waals surface area contributed by atoms with E-state index >= 15 is 0 Å². The maximum Gasteiger partial charge on any atom is 0.261 e. The fraction of sp³-hybridized carbons (Fsp3) is 0.0952. The van der Waals surface area contributed by atoms with Crippen molar-refractivity contribution in [2.24, 2.45) is 4.99 Å². The monoisotopic (exact) mass is 355 g/mol. The van der Waals surface area contributed by atoms with E-state index in [2.05, 4.69) is 4.98 Å². The number of fused-ring (bicyclic) bond motifs is 5. The fourth-order valence-electron chi connectivity index (χ4n) is 3.94. The van der Waals surface area contributed by atoms with Gasteiger partial charge in [0.05, 0.1) is 11.6 Å². The average molecular weight is 355 g/mol. The summed E-state index contributed by atoms with van der Waals surface area (Å²) in [6, 6.07) is 16.9. The Morgan fingerprint density at radius 3 is 2.74 bits per heavy atom. The summed E-state index contributed by atoms with van der Waals surface area (Å²) in [5.74, 6) is 2.62. The van der Waals surface area contributed by atoms with Gasteiger partial charge in [-0.25, -0.2) is 9.98 Å². The highest BCUT2D eigenvalue weighted by Crippen LogP contribution is 2.45. The minimum Gasteiger partial charge on any atom is -0.454 e. The van der Waals surface area contributed by atoms with Crippen LogP contribution in [0.5, 0.6) is 11.5 Å². The molecular formula is C21H13N3O3. The first-order chi connectivity index (χ1) is 13.3. The predicted molar refractivity (Wildman–Crippen MR) is 97.5 cm³/mol. The van der Waals surface area contributed by atoms with Crippen LogP contribution in [-0.4, -0.2) is 28.4 Å². The van der Waals surface area contributed by atoms with Gasteiger partial charge in [-0.3, -0.25) is 9.69 Å². The molecule has 0 spiro atoms. The third-order valence-electron chi connectivity index (χ3n) is 5.14. The van der Waals surface area contributed by atoms with Crippen LogP contribution in [0.3, 0.4) is 0 Å². The number of amides is 1. The molecule has 6 rings (SSSR count). The van der Waals surface area contributed by atoms with Crippen molar-refractivity contribution in [1.82, 2.24) is 9.88 Å². The number of benzene rings is 2. The van der Waals surface area contributed by atoms with Crippen molar-refractivity contribution in [2.45, 2.75) is 6.04 Å². The topological polar surface area (TPSA) is 64.0 Å². The lowest BCUT2D eigenvalue weighted by atomic mass is 9.95. The van der Waals surface area contributed by atoms with Gasteiger partial charge in [-0.05, 0) is 29.8 Å². The van der Waals surface area contributed by atoms with E-state index in [0.717, 1.165) is 16.7 Å². The summed E-state index contributed by atoms with van der Waals surface area (Å²) in [6.45, 7) is 0.211. The molecule has 27 heavy (non-hydrogen) atoms.